The molecule has 0 aliphatic carbocycles. The molecule has 5 nitrogen and oxygen atoms in total. The summed E-state index contributed by atoms with van der Waals surface area (Å²) in [6.45, 7) is 0.787. The van der Waals surface area contributed by atoms with Crippen LogP contribution in [0.1, 0.15) is 18.4 Å². The molecular weight excluding hydrogens is 300 g/mol. The zero-order chi connectivity index (χ0) is 15.9. The highest BCUT2D eigenvalue weighted by molar-refractivity contribution is 8.00. The predicted molar refractivity (Wildman–Crippen MR) is 88.0 cm³/mol. The molecule has 2 rings (SSSR count). The first-order valence-corrected chi connectivity index (χ1v) is 8.54. The molecule has 1 aromatic rings. The summed E-state index contributed by atoms with van der Waals surface area (Å²) in [4.78, 5) is 25.0. The van der Waals surface area contributed by atoms with Gasteiger partial charge in [-0.15, -0.1) is 11.8 Å². The topological polar surface area (TPSA) is 72.6 Å². The maximum Gasteiger partial charge on any atom is 0.232 e. The van der Waals surface area contributed by atoms with Gasteiger partial charge in [-0.25, -0.2) is 0 Å². The van der Waals surface area contributed by atoms with Crippen molar-refractivity contribution in [2.45, 2.75) is 25.3 Å². The van der Waals surface area contributed by atoms with Gasteiger partial charge in [0.25, 0.3) is 0 Å². The average molecular weight is 322 g/mol. The van der Waals surface area contributed by atoms with E-state index < -0.39 is 0 Å². The van der Waals surface area contributed by atoms with Crippen molar-refractivity contribution >= 4 is 23.6 Å². The third-order valence-corrected chi connectivity index (χ3v) is 4.76. The van der Waals surface area contributed by atoms with Crippen LogP contribution in [0.15, 0.2) is 24.3 Å². The minimum atomic E-state index is -0.384. The highest BCUT2D eigenvalue weighted by Crippen LogP contribution is 2.26. The average Bonchev–Trinajstić information content (AvgIpc) is 2.95. The Balaban J connectivity index is 1.95. The summed E-state index contributed by atoms with van der Waals surface area (Å²) >= 11 is 1.28. The van der Waals surface area contributed by atoms with Crippen molar-refractivity contribution < 1.29 is 14.3 Å². The van der Waals surface area contributed by atoms with Crippen LogP contribution in [0.2, 0.25) is 0 Å². The van der Waals surface area contributed by atoms with Gasteiger partial charge in [-0.2, -0.15) is 0 Å². The zero-order valence-corrected chi connectivity index (χ0v) is 13.6. The standard InChI is InChI=1S/C16H22N2O3S/c1-21-14-7-3-2-5-12(14)9-13-6-4-8-18(13)16(20)11-22-10-15(17)19/h2-3,5,7,13H,4,6,8-11H2,1H3,(H2,17,19)/t13-/m1/s1. The quantitative estimate of drug-likeness (QED) is 0.824. The molecule has 1 saturated heterocycles. The van der Waals surface area contributed by atoms with E-state index >= 15 is 0 Å². The lowest BCUT2D eigenvalue weighted by molar-refractivity contribution is -0.129. The Morgan fingerprint density at radius 2 is 2.14 bits per heavy atom. The Hall–Kier alpha value is -1.69. The van der Waals surface area contributed by atoms with Crippen molar-refractivity contribution in [1.29, 1.82) is 0 Å². The maximum absolute atomic E-state index is 12.3. The molecule has 1 fully saturated rings. The lowest BCUT2D eigenvalue weighted by atomic mass is 10.0. The number of nitrogens with zero attached hydrogens (tertiary/aromatic N) is 1. The predicted octanol–water partition coefficient (Wildman–Crippen LogP) is 1.45. The molecule has 1 aliphatic heterocycles. The highest BCUT2D eigenvalue weighted by Gasteiger charge is 2.29. The van der Waals surface area contributed by atoms with Crippen molar-refractivity contribution in [1.82, 2.24) is 4.90 Å². The van der Waals surface area contributed by atoms with Gasteiger partial charge in [0.1, 0.15) is 5.75 Å². The van der Waals surface area contributed by atoms with Gasteiger partial charge in [0.15, 0.2) is 0 Å². The number of para-hydroxylation sites is 1. The van der Waals surface area contributed by atoms with Crippen molar-refractivity contribution in [2.24, 2.45) is 5.73 Å². The van der Waals surface area contributed by atoms with E-state index in [1.165, 1.54) is 11.8 Å². The van der Waals surface area contributed by atoms with Crippen LogP contribution < -0.4 is 10.5 Å². The number of carbonyl (C=O) groups excluding carboxylic acids is 2. The molecule has 0 bridgehead atoms. The van der Waals surface area contributed by atoms with E-state index in [-0.39, 0.29) is 23.6 Å². The number of rotatable bonds is 7. The number of amides is 2. The van der Waals surface area contributed by atoms with Crippen LogP contribution >= 0.6 is 11.8 Å². The number of methoxy groups -OCH3 is 1. The minimum Gasteiger partial charge on any atom is -0.496 e. The number of likely N-dealkylation sites (tertiary alicyclic amines) is 1. The van der Waals surface area contributed by atoms with E-state index in [4.69, 9.17) is 10.5 Å². The number of benzene rings is 1. The fraction of sp³-hybridized carbons (Fsp3) is 0.500. The van der Waals surface area contributed by atoms with E-state index in [0.29, 0.717) is 5.75 Å². The highest BCUT2D eigenvalue weighted by atomic mass is 32.2. The molecule has 2 amide bonds. The molecule has 22 heavy (non-hydrogen) atoms. The van der Waals surface area contributed by atoms with Gasteiger partial charge in [-0.3, -0.25) is 9.59 Å². The van der Waals surface area contributed by atoms with Crippen LogP contribution in [-0.2, 0) is 16.0 Å². The number of thioether (sulfide) groups is 1. The largest absolute Gasteiger partial charge is 0.496 e. The molecule has 120 valence electrons. The molecule has 2 N–H and O–H groups in total. The second-order valence-electron chi connectivity index (χ2n) is 5.36. The van der Waals surface area contributed by atoms with Gasteiger partial charge in [0.05, 0.1) is 18.6 Å². The van der Waals surface area contributed by atoms with Gasteiger partial charge in [-0.1, -0.05) is 18.2 Å². The Bertz CT molecular complexity index is 536. The zero-order valence-electron chi connectivity index (χ0n) is 12.8. The van der Waals surface area contributed by atoms with Gasteiger partial charge in [0, 0.05) is 12.6 Å². The second kappa shape index (κ2) is 8.08. The SMILES string of the molecule is COc1ccccc1C[C@H]1CCCN1C(=O)CSCC(N)=O. The van der Waals surface area contributed by atoms with Crippen LogP contribution in [0.3, 0.4) is 0 Å². The molecule has 1 aliphatic rings. The van der Waals surface area contributed by atoms with E-state index in [1.807, 2.05) is 29.2 Å². The summed E-state index contributed by atoms with van der Waals surface area (Å²) < 4.78 is 5.38. The molecule has 0 radical (unpaired) electrons. The van der Waals surface area contributed by atoms with E-state index in [9.17, 15) is 9.59 Å². The molecule has 0 saturated carbocycles. The van der Waals surface area contributed by atoms with Crippen LogP contribution in [-0.4, -0.2) is 47.9 Å². The Morgan fingerprint density at radius 3 is 2.86 bits per heavy atom. The van der Waals surface area contributed by atoms with Crippen molar-refractivity contribution in [3.05, 3.63) is 29.8 Å². The van der Waals surface area contributed by atoms with Crippen LogP contribution in [0.4, 0.5) is 0 Å². The molecular formula is C16H22N2O3S. The maximum atomic E-state index is 12.3. The Kier molecular flexibility index (Phi) is 6.12. The molecule has 1 atom stereocenters. The summed E-state index contributed by atoms with van der Waals surface area (Å²) in [5.74, 6) is 1.07. The van der Waals surface area contributed by atoms with Crippen LogP contribution in [0, 0.1) is 0 Å². The van der Waals surface area contributed by atoms with Crippen LogP contribution in [0.25, 0.3) is 0 Å². The van der Waals surface area contributed by atoms with Gasteiger partial charge >= 0.3 is 0 Å². The number of ether oxygens (including phenoxy) is 1. The molecule has 0 aromatic heterocycles. The molecule has 0 spiro atoms. The first-order chi connectivity index (χ1) is 10.6. The number of hydrogen-bond acceptors (Lipinski definition) is 4. The lowest BCUT2D eigenvalue weighted by Gasteiger charge is -2.25. The van der Waals surface area contributed by atoms with Crippen molar-refractivity contribution in [3.63, 3.8) is 0 Å². The van der Waals surface area contributed by atoms with Crippen molar-refractivity contribution in [2.75, 3.05) is 25.2 Å². The lowest BCUT2D eigenvalue weighted by Crippen LogP contribution is -2.38. The third-order valence-electron chi connectivity index (χ3n) is 3.82. The normalized spacial score (nSPS) is 17.5. The summed E-state index contributed by atoms with van der Waals surface area (Å²) in [6.07, 6.45) is 2.83. The Morgan fingerprint density at radius 1 is 1.36 bits per heavy atom. The summed E-state index contributed by atoms with van der Waals surface area (Å²) in [5, 5.41) is 0. The number of carbonyl (C=O) groups is 2. The second-order valence-corrected chi connectivity index (χ2v) is 6.34. The van der Waals surface area contributed by atoms with E-state index in [0.717, 1.165) is 37.1 Å². The number of hydrogen-bond donors (Lipinski definition) is 1. The van der Waals surface area contributed by atoms with Gasteiger partial charge < -0.3 is 15.4 Å². The molecule has 0 unspecified atom stereocenters. The van der Waals surface area contributed by atoms with Gasteiger partial charge in [0.2, 0.25) is 11.8 Å². The molecule has 1 heterocycles. The number of nitrogens with two attached hydrogens (primary N) is 1. The first kappa shape index (κ1) is 16.7. The summed E-state index contributed by atoms with van der Waals surface area (Å²) in [5.41, 5.74) is 6.22. The summed E-state index contributed by atoms with van der Waals surface area (Å²) in [7, 11) is 1.66. The molecule has 6 heteroatoms. The summed E-state index contributed by atoms with van der Waals surface area (Å²) in [6, 6.07) is 8.13. The van der Waals surface area contributed by atoms with E-state index in [2.05, 4.69) is 0 Å². The van der Waals surface area contributed by atoms with E-state index in [1.54, 1.807) is 7.11 Å². The monoisotopic (exact) mass is 322 g/mol. The third kappa shape index (κ3) is 4.40. The minimum absolute atomic E-state index is 0.0867. The first-order valence-electron chi connectivity index (χ1n) is 7.39. The van der Waals surface area contributed by atoms with Crippen LogP contribution in [0.5, 0.6) is 5.75 Å². The molecule has 1 aromatic carbocycles. The fourth-order valence-corrected chi connectivity index (χ4v) is 3.47. The Labute approximate surface area is 135 Å². The number of primary amides is 1. The van der Waals surface area contributed by atoms with Gasteiger partial charge in [-0.05, 0) is 30.9 Å². The smallest absolute Gasteiger partial charge is 0.232 e. The fourth-order valence-electron chi connectivity index (χ4n) is 2.82. The van der Waals surface area contributed by atoms with Crippen molar-refractivity contribution in [3.8, 4) is 5.75 Å².